The van der Waals surface area contributed by atoms with E-state index in [0.717, 1.165) is 71.2 Å². The van der Waals surface area contributed by atoms with Gasteiger partial charge in [-0.1, -0.05) is 30.3 Å². The third-order valence-electron chi connectivity index (χ3n) is 7.04. The van der Waals surface area contributed by atoms with Crippen LogP contribution in [0.4, 0.5) is 0 Å². The van der Waals surface area contributed by atoms with Crippen LogP contribution < -0.4 is 5.32 Å². The number of nitrogens with one attached hydrogen (secondary N) is 1. The summed E-state index contributed by atoms with van der Waals surface area (Å²) < 4.78 is 0. The highest BCUT2D eigenvalue weighted by Gasteiger charge is 2.44. The number of carbonyl (C=O) groups excluding carboxylic acids is 1. The molecular formula is C24H38IN5O. The average Bonchev–Trinajstić information content (AvgIpc) is 3.39. The molecule has 1 aromatic rings. The standard InChI is InChI=1S/C24H37N5O.HI/c1-3-25-23(26-19-24(11-12-24)21-9-5-4-6-10-21)29-17-15-27(16-18-29)20(2)22(30)28-13-7-8-14-28;/h4-6,9-10,20H,3,7-8,11-19H2,1-2H3,(H,25,26);1H. The number of nitrogens with zero attached hydrogens (tertiary/aromatic N) is 4. The van der Waals surface area contributed by atoms with Crippen molar-refractivity contribution in [1.29, 1.82) is 0 Å². The van der Waals surface area contributed by atoms with E-state index in [1.54, 1.807) is 0 Å². The zero-order chi connectivity index (χ0) is 21.0. The van der Waals surface area contributed by atoms with E-state index in [9.17, 15) is 4.79 Å². The molecule has 4 rings (SSSR count). The second-order valence-electron chi connectivity index (χ2n) is 9.05. The van der Waals surface area contributed by atoms with E-state index in [4.69, 9.17) is 4.99 Å². The van der Waals surface area contributed by atoms with Crippen LogP contribution in [-0.2, 0) is 10.2 Å². The van der Waals surface area contributed by atoms with E-state index in [1.165, 1.54) is 18.4 Å². The van der Waals surface area contributed by atoms with E-state index in [-0.39, 0.29) is 35.4 Å². The van der Waals surface area contributed by atoms with Crippen molar-refractivity contribution in [2.45, 2.75) is 51.0 Å². The Labute approximate surface area is 204 Å². The van der Waals surface area contributed by atoms with Crippen molar-refractivity contribution < 1.29 is 4.79 Å². The molecule has 1 aliphatic carbocycles. The Hall–Kier alpha value is -1.35. The Bertz CT molecular complexity index is 738. The fourth-order valence-corrected chi connectivity index (χ4v) is 4.81. The first kappa shape index (κ1) is 24.3. The predicted octanol–water partition coefficient (Wildman–Crippen LogP) is 2.93. The zero-order valence-corrected chi connectivity index (χ0v) is 21.4. The van der Waals surface area contributed by atoms with E-state index < -0.39 is 0 Å². The molecule has 3 aliphatic rings. The van der Waals surface area contributed by atoms with Crippen molar-refractivity contribution in [3.63, 3.8) is 0 Å². The Kier molecular flexibility index (Phi) is 8.61. The number of rotatable bonds is 6. The van der Waals surface area contributed by atoms with Crippen LogP contribution in [0.3, 0.4) is 0 Å². The number of benzene rings is 1. The molecule has 0 spiro atoms. The number of carbonyl (C=O) groups is 1. The third-order valence-corrected chi connectivity index (χ3v) is 7.04. The minimum absolute atomic E-state index is 0. The topological polar surface area (TPSA) is 51.2 Å². The first-order valence-corrected chi connectivity index (χ1v) is 11.7. The van der Waals surface area contributed by atoms with Crippen LogP contribution in [0.2, 0.25) is 0 Å². The second-order valence-corrected chi connectivity index (χ2v) is 9.05. The van der Waals surface area contributed by atoms with Gasteiger partial charge in [0.2, 0.25) is 5.91 Å². The molecule has 1 saturated carbocycles. The molecule has 1 N–H and O–H groups in total. The summed E-state index contributed by atoms with van der Waals surface area (Å²) in [5.41, 5.74) is 1.66. The van der Waals surface area contributed by atoms with Gasteiger partial charge >= 0.3 is 0 Å². The molecule has 172 valence electrons. The maximum atomic E-state index is 12.8. The van der Waals surface area contributed by atoms with Gasteiger partial charge in [0.15, 0.2) is 5.96 Å². The molecule has 2 aliphatic heterocycles. The van der Waals surface area contributed by atoms with Crippen LogP contribution in [0.25, 0.3) is 0 Å². The van der Waals surface area contributed by atoms with Crippen molar-refractivity contribution in [3.05, 3.63) is 35.9 Å². The van der Waals surface area contributed by atoms with E-state index in [1.807, 2.05) is 4.90 Å². The molecular weight excluding hydrogens is 501 g/mol. The number of likely N-dealkylation sites (tertiary alicyclic amines) is 1. The number of hydrogen-bond donors (Lipinski definition) is 1. The van der Waals surface area contributed by atoms with Gasteiger partial charge < -0.3 is 15.1 Å². The Morgan fingerprint density at radius 3 is 2.26 bits per heavy atom. The summed E-state index contributed by atoms with van der Waals surface area (Å²) in [6, 6.07) is 10.8. The molecule has 2 saturated heterocycles. The van der Waals surface area contributed by atoms with Gasteiger partial charge in [-0.05, 0) is 45.1 Å². The van der Waals surface area contributed by atoms with Crippen molar-refractivity contribution in [1.82, 2.24) is 20.0 Å². The lowest BCUT2D eigenvalue weighted by Gasteiger charge is -2.39. The summed E-state index contributed by atoms with van der Waals surface area (Å²) in [5, 5.41) is 3.50. The number of amides is 1. The van der Waals surface area contributed by atoms with Gasteiger partial charge in [0.1, 0.15) is 0 Å². The van der Waals surface area contributed by atoms with Crippen molar-refractivity contribution in [2.75, 3.05) is 52.4 Å². The smallest absolute Gasteiger partial charge is 0.239 e. The number of guanidine groups is 1. The summed E-state index contributed by atoms with van der Waals surface area (Å²) >= 11 is 0. The lowest BCUT2D eigenvalue weighted by Crippen LogP contribution is -2.57. The quantitative estimate of drug-likeness (QED) is 0.343. The molecule has 1 atom stereocenters. The SMILES string of the molecule is CCNC(=NCC1(c2ccccc2)CC1)N1CCN(C(C)C(=O)N2CCCC2)CC1.I. The lowest BCUT2D eigenvalue weighted by atomic mass is 9.96. The predicted molar refractivity (Wildman–Crippen MR) is 137 cm³/mol. The Morgan fingerprint density at radius 1 is 1.03 bits per heavy atom. The summed E-state index contributed by atoms with van der Waals surface area (Å²) in [4.78, 5) is 24.6. The van der Waals surface area contributed by atoms with Gasteiger partial charge in [0.05, 0.1) is 12.6 Å². The minimum Gasteiger partial charge on any atom is -0.357 e. The fourth-order valence-electron chi connectivity index (χ4n) is 4.81. The number of hydrogen-bond acceptors (Lipinski definition) is 3. The summed E-state index contributed by atoms with van der Waals surface area (Å²) in [7, 11) is 0. The monoisotopic (exact) mass is 539 g/mol. The van der Waals surface area contributed by atoms with Gasteiger partial charge in [0, 0.05) is 51.2 Å². The van der Waals surface area contributed by atoms with Crippen LogP contribution in [0, 0.1) is 0 Å². The Balaban J connectivity index is 0.00000272. The summed E-state index contributed by atoms with van der Waals surface area (Å²) in [5.74, 6) is 1.33. The first-order chi connectivity index (χ1) is 14.6. The maximum Gasteiger partial charge on any atom is 0.239 e. The molecule has 1 unspecified atom stereocenters. The van der Waals surface area contributed by atoms with Crippen molar-refractivity contribution >= 4 is 35.8 Å². The molecule has 6 nitrogen and oxygen atoms in total. The second kappa shape index (κ2) is 11.0. The highest BCUT2D eigenvalue weighted by atomic mass is 127. The molecule has 31 heavy (non-hydrogen) atoms. The van der Waals surface area contributed by atoms with E-state index >= 15 is 0 Å². The number of piperazine rings is 1. The largest absolute Gasteiger partial charge is 0.357 e. The number of aliphatic imine (C=N–C) groups is 1. The first-order valence-electron chi connectivity index (χ1n) is 11.7. The number of halogens is 1. The highest BCUT2D eigenvalue weighted by Crippen LogP contribution is 2.48. The lowest BCUT2D eigenvalue weighted by molar-refractivity contribution is -0.135. The zero-order valence-electron chi connectivity index (χ0n) is 19.1. The van der Waals surface area contributed by atoms with Gasteiger partial charge in [0.25, 0.3) is 0 Å². The normalized spacial score (nSPS) is 22.1. The molecule has 1 aromatic carbocycles. The van der Waals surface area contributed by atoms with E-state index in [2.05, 4.69) is 59.3 Å². The van der Waals surface area contributed by atoms with Crippen LogP contribution in [0.1, 0.15) is 45.1 Å². The average molecular weight is 540 g/mol. The Morgan fingerprint density at radius 2 is 1.68 bits per heavy atom. The summed E-state index contributed by atoms with van der Waals surface area (Å²) in [6.45, 7) is 11.5. The molecule has 3 fully saturated rings. The molecule has 7 heteroatoms. The third kappa shape index (κ3) is 5.72. The van der Waals surface area contributed by atoms with E-state index in [0.29, 0.717) is 5.91 Å². The van der Waals surface area contributed by atoms with Crippen molar-refractivity contribution in [3.8, 4) is 0 Å². The highest BCUT2D eigenvalue weighted by molar-refractivity contribution is 14.0. The van der Waals surface area contributed by atoms with Gasteiger partial charge in [-0.25, -0.2) is 0 Å². The van der Waals surface area contributed by atoms with Crippen LogP contribution in [0.15, 0.2) is 35.3 Å². The van der Waals surface area contributed by atoms with Crippen LogP contribution in [0.5, 0.6) is 0 Å². The fraction of sp³-hybridized carbons (Fsp3) is 0.667. The maximum absolute atomic E-state index is 12.8. The van der Waals surface area contributed by atoms with Crippen LogP contribution >= 0.6 is 24.0 Å². The van der Waals surface area contributed by atoms with Gasteiger partial charge in [-0.3, -0.25) is 14.7 Å². The van der Waals surface area contributed by atoms with Crippen LogP contribution in [-0.4, -0.2) is 85.0 Å². The minimum atomic E-state index is -0.0161. The molecule has 2 heterocycles. The van der Waals surface area contributed by atoms with Gasteiger partial charge in [-0.15, -0.1) is 24.0 Å². The molecule has 0 radical (unpaired) electrons. The summed E-state index contributed by atoms with van der Waals surface area (Å²) in [6.07, 6.45) is 4.76. The molecule has 1 amide bonds. The molecule has 0 bridgehead atoms. The van der Waals surface area contributed by atoms with Gasteiger partial charge in [-0.2, -0.15) is 0 Å². The van der Waals surface area contributed by atoms with Crippen molar-refractivity contribution in [2.24, 2.45) is 4.99 Å². The molecule has 0 aromatic heterocycles.